The molecule has 0 aromatic carbocycles. The molecule has 0 bridgehead atoms. The van der Waals surface area contributed by atoms with Gasteiger partial charge in [0.15, 0.2) is 5.69 Å². The minimum atomic E-state index is -4.64. The number of urea groups is 2. The molecule has 1 saturated heterocycles. The van der Waals surface area contributed by atoms with Crippen molar-refractivity contribution in [2.24, 2.45) is 0 Å². The summed E-state index contributed by atoms with van der Waals surface area (Å²) >= 11 is 0.771. The molecule has 11 nitrogen and oxygen atoms in total. The van der Waals surface area contributed by atoms with Crippen LogP contribution in [-0.2, 0) is 6.18 Å². The number of aromatic nitrogens is 3. The van der Waals surface area contributed by atoms with Crippen molar-refractivity contribution >= 4 is 35.1 Å². The molecule has 0 unspecified atom stereocenters. The molecular weight excluding hydrogens is 525 g/mol. The van der Waals surface area contributed by atoms with Crippen LogP contribution in [0.1, 0.15) is 35.8 Å². The van der Waals surface area contributed by atoms with Crippen LogP contribution in [0.5, 0.6) is 0 Å². The molecule has 3 aromatic rings. The summed E-state index contributed by atoms with van der Waals surface area (Å²) in [6.45, 7) is 3.29. The molecule has 38 heavy (non-hydrogen) atoms. The van der Waals surface area contributed by atoms with Gasteiger partial charge in [-0.15, -0.1) is 11.3 Å². The first-order valence-corrected chi connectivity index (χ1v) is 12.4. The SMILES string of the molecule is CCNC(=O)Nc1cc(-c2nc(C(F)(F)F)cs2)c(-c2cncc(C(=O)NNC(=O)N3CCCC3)c2)cn1. The number of nitrogens with one attached hydrogen (secondary N) is 4. The molecule has 0 radical (unpaired) electrons. The number of hydrazine groups is 1. The lowest BCUT2D eigenvalue weighted by Gasteiger charge is -2.16. The summed E-state index contributed by atoms with van der Waals surface area (Å²) in [5.41, 5.74) is 4.67. The number of carbonyl (C=O) groups excluding carboxylic acids is 3. The second kappa shape index (κ2) is 11.4. The maximum atomic E-state index is 13.2. The second-order valence-electron chi connectivity index (χ2n) is 8.18. The number of carbonyl (C=O) groups is 3. The van der Waals surface area contributed by atoms with Gasteiger partial charge in [-0.05, 0) is 31.9 Å². The Kier molecular flexibility index (Phi) is 8.05. The van der Waals surface area contributed by atoms with Crippen LogP contribution in [-0.4, -0.2) is 57.5 Å². The highest BCUT2D eigenvalue weighted by Crippen LogP contribution is 2.38. The van der Waals surface area contributed by atoms with Gasteiger partial charge in [0.1, 0.15) is 10.8 Å². The lowest BCUT2D eigenvalue weighted by molar-refractivity contribution is -0.140. The Hall–Kier alpha value is -4.27. The van der Waals surface area contributed by atoms with E-state index in [-0.39, 0.29) is 22.0 Å². The first kappa shape index (κ1) is 26.8. The Labute approximate surface area is 218 Å². The number of thiazole rings is 1. The lowest BCUT2D eigenvalue weighted by Crippen LogP contribution is -2.47. The summed E-state index contributed by atoms with van der Waals surface area (Å²) in [7, 11) is 0. The molecule has 200 valence electrons. The molecule has 0 aliphatic carbocycles. The largest absolute Gasteiger partial charge is 0.434 e. The van der Waals surface area contributed by atoms with Gasteiger partial charge in [0.25, 0.3) is 5.91 Å². The van der Waals surface area contributed by atoms with Gasteiger partial charge in [-0.3, -0.25) is 20.5 Å². The molecule has 4 N–H and O–H groups in total. The zero-order valence-electron chi connectivity index (χ0n) is 20.1. The Morgan fingerprint density at radius 1 is 1.05 bits per heavy atom. The first-order chi connectivity index (χ1) is 18.2. The zero-order chi connectivity index (χ0) is 27.3. The number of pyridine rings is 2. The van der Waals surface area contributed by atoms with E-state index in [2.05, 4.69) is 36.4 Å². The third-order valence-electron chi connectivity index (χ3n) is 5.50. The van der Waals surface area contributed by atoms with Crippen molar-refractivity contribution in [3.63, 3.8) is 0 Å². The van der Waals surface area contributed by atoms with Crippen molar-refractivity contribution in [2.75, 3.05) is 25.0 Å². The van der Waals surface area contributed by atoms with Gasteiger partial charge in [0, 0.05) is 60.3 Å². The number of amides is 5. The lowest BCUT2D eigenvalue weighted by atomic mass is 10.0. The van der Waals surface area contributed by atoms with Gasteiger partial charge in [0.2, 0.25) is 0 Å². The van der Waals surface area contributed by atoms with Gasteiger partial charge < -0.3 is 10.2 Å². The number of hydrogen-bond donors (Lipinski definition) is 4. The van der Waals surface area contributed by atoms with E-state index < -0.39 is 29.8 Å². The van der Waals surface area contributed by atoms with Crippen LogP contribution in [0.3, 0.4) is 0 Å². The third kappa shape index (κ3) is 6.34. The molecule has 1 aliphatic heterocycles. The molecule has 15 heteroatoms. The fourth-order valence-corrected chi connectivity index (χ4v) is 4.53. The smallest absolute Gasteiger partial charge is 0.338 e. The van der Waals surface area contributed by atoms with Gasteiger partial charge in [-0.1, -0.05) is 0 Å². The molecule has 0 atom stereocenters. The molecule has 0 saturated carbocycles. The van der Waals surface area contributed by atoms with Crippen molar-refractivity contribution in [3.05, 3.63) is 47.4 Å². The minimum absolute atomic E-state index is 0.0291. The second-order valence-corrected chi connectivity index (χ2v) is 9.03. The number of rotatable bonds is 5. The van der Waals surface area contributed by atoms with Gasteiger partial charge in [0.05, 0.1) is 5.56 Å². The van der Waals surface area contributed by atoms with Crippen LogP contribution >= 0.6 is 11.3 Å². The van der Waals surface area contributed by atoms with Crippen molar-refractivity contribution in [3.8, 4) is 21.7 Å². The third-order valence-corrected chi connectivity index (χ3v) is 6.37. The van der Waals surface area contributed by atoms with Gasteiger partial charge in [-0.25, -0.2) is 25.0 Å². The van der Waals surface area contributed by atoms with Crippen molar-refractivity contribution < 1.29 is 27.6 Å². The quantitative estimate of drug-likeness (QED) is 0.357. The number of hydrogen-bond acceptors (Lipinski definition) is 7. The molecule has 5 amide bonds. The van der Waals surface area contributed by atoms with Crippen LogP contribution in [0.4, 0.5) is 28.6 Å². The predicted molar refractivity (Wildman–Crippen MR) is 133 cm³/mol. The van der Waals surface area contributed by atoms with Crippen LogP contribution in [0, 0.1) is 0 Å². The fraction of sp³-hybridized carbons (Fsp3) is 0.304. The molecule has 4 heterocycles. The van der Waals surface area contributed by atoms with Crippen molar-refractivity contribution in [1.29, 1.82) is 0 Å². The molecule has 0 spiro atoms. The van der Waals surface area contributed by atoms with E-state index in [0.29, 0.717) is 30.8 Å². The Bertz CT molecular complexity index is 1340. The summed E-state index contributed by atoms with van der Waals surface area (Å²) in [4.78, 5) is 50.3. The van der Waals surface area contributed by atoms with Crippen molar-refractivity contribution in [1.82, 2.24) is 36.0 Å². The average molecular weight is 549 g/mol. The van der Waals surface area contributed by atoms with Gasteiger partial charge in [-0.2, -0.15) is 13.2 Å². The maximum Gasteiger partial charge on any atom is 0.434 e. The van der Waals surface area contributed by atoms with Crippen LogP contribution in [0.15, 0.2) is 36.1 Å². The van der Waals surface area contributed by atoms with E-state index in [4.69, 9.17) is 0 Å². The highest BCUT2D eigenvalue weighted by Gasteiger charge is 2.34. The Morgan fingerprint density at radius 2 is 1.82 bits per heavy atom. The Morgan fingerprint density at radius 3 is 2.50 bits per heavy atom. The standard InChI is InChI=1S/C23H23F3N8O3S/c1-2-28-21(36)31-18-8-15(20-30-17(12-38-20)23(24,25)26)16(11-29-18)13-7-14(10-27-9-13)19(35)32-33-22(37)34-5-3-4-6-34/h7-12H,2-6H2,1H3,(H,32,35)(H,33,37)(H2,28,29,31,36). The minimum Gasteiger partial charge on any atom is -0.338 e. The van der Waals surface area contributed by atoms with Crippen molar-refractivity contribution in [2.45, 2.75) is 25.9 Å². The van der Waals surface area contributed by atoms with E-state index in [0.717, 1.165) is 29.6 Å². The summed E-state index contributed by atoms with van der Waals surface area (Å²) in [6.07, 6.45) is 1.19. The van der Waals surface area contributed by atoms with Crippen LogP contribution < -0.4 is 21.5 Å². The number of alkyl halides is 3. The average Bonchev–Trinajstić information content (AvgIpc) is 3.60. The number of nitrogens with zero attached hydrogens (tertiary/aromatic N) is 4. The van der Waals surface area contributed by atoms with E-state index in [1.807, 2.05) is 0 Å². The highest BCUT2D eigenvalue weighted by atomic mass is 32.1. The summed E-state index contributed by atoms with van der Waals surface area (Å²) < 4.78 is 39.7. The van der Waals surface area contributed by atoms with Crippen LogP contribution in [0.2, 0.25) is 0 Å². The first-order valence-electron chi connectivity index (χ1n) is 11.5. The maximum absolute atomic E-state index is 13.2. The highest BCUT2D eigenvalue weighted by molar-refractivity contribution is 7.13. The zero-order valence-corrected chi connectivity index (χ0v) is 20.9. The topological polar surface area (TPSA) is 141 Å². The fourth-order valence-electron chi connectivity index (χ4n) is 3.67. The summed E-state index contributed by atoms with van der Waals surface area (Å²) in [6, 6.07) is 1.89. The predicted octanol–water partition coefficient (Wildman–Crippen LogP) is 3.88. The molecule has 1 fully saturated rings. The molecule has 1 aliphatic rings. The monoisotopic (exact) mass is 548 g/mol. The Balaban J connectivity index is 1.63. The number of likely N-dealkylation sites (tertiary alicyclic amines) is 1. The van der Waals surface area contributed by atoms with Gasteiger partial charge >= 0.3 is 18.2 Å². The van der Waals surface area contributed by atoms with E-state index in [1.165, 1.54) is 30.7 Å². The van der Waals surface area contributed by atoms with Crippen LogP contribution in [0.25, 0.3) is 21.7 Å². The summed E-state index contributed by atoms with van der Waals surface area (Å²) in [5, 5.41) is 5.98. The van der Waals surface area contributed by atoms with E-state index in [1.54, 1.807) is 11.8 Å². The molecule has 3 aromatic heterocycles. The van der Waals surface area contributed by atoms with E-state index in [9.17, 15) is 27.6 Å². The van der Waals surface area contributed by atoms with E-state index >= 15 is 0 Å². The number of anilines is 1. The normalized spacial score (nSPS) is 13.2. The molecular formula is C23H23F3N8O3S. The summed E-state index contributed by atoms with van der Waals surface area (Å²) in [5.74, 6) is -0.547. The molecule has 4 rings (SSSR count). The number of halogens is 3.